The number of rotatable bonds is 5. The SMILES string of the molecule is COc1ccc(CNc2ccccc2CO)cc1C#N. The van der Waals surface area contributed by atoms with Crippen LogP contribution in [0.15, 0.2) is 42.5 Å². The second-order valence-electron chi connectivity index (χ2n) is 4.32. The van der Waals surface area contributed by atoms with Crippen LogP contribution >= 0.6 is 0 Å². The third kappa shape index (κ3) is 3.08. The third-order valence-corrected chi connectivity index (χ3v) is 3.06. The quantitative estimate of drug-likeness (QED) is 0.875. The van der Waals surface area contributed by atoms with E-state index in [1.807, 2.05) is 30.3 Å². The van der Waals surface area contributed by atoms with E-state index < -0.39 is 0 Å². The first kappa shape index (κ1) is 13.9. The predicted octanol–water partition coefficient (Wildman–Crippen LogP) is 2.67. The van der Waals surface area contributed by atoms with Crippen LogP contribution in [-0.2, 0) is 13.2 Å². The van der Waals surface area contributed by atoms with Crippen LogP contribution in [0, 0.1) is 11.3 Å². The molecule has 0 radical (unpaired) electrons. The Bertz CT molecular complexity index is 633. The Morgan fingerprint density at radius 1 is 1.25 bits per heavy atom. The fourth-order valence-corrected chi connectivity index (χ4v) is 1.98. The van der Waals surface area contributed by atoms with Gasteiger partial charge in [-0.3, -0.25) is 0 Å². The number of nitrogens with one attached hydrogen (secondary N) is 1. The molecule has 0 amide bonds. The molecule has 0 atom stereocenters. The number of methoxy groups -OCH3 is 1. The van der Waals surface area contributed by atoms with E-state index in [1.165, 1.54) is 0 Å². The first-order valence-electron chi connectivity index (χ1n) is 6.28. The summed E-state index contributed by atoms with van der Waals surface area (Å²) in [6.45, 7) is 0.574. The van der Waals surface area contributed by atoms with Gasteiger partial charge in [-0.05, 0) is 23.8 Å². The standard InChI is InChI=1S/C16H16N2O2/c1-20-16-7-6-12(8-14(16)9-17)10-18-15-5-3-2-4-13(15)11-19/h2-8,18-19H,10-11H2,1H3. The molecule has 0 spiro atoms. The first-order valence-corrected chi connectivity index (χ1v) is 6.28. The van der Waals surface area contributed by atoms with E-state index in [9.17, 15) is 5.11 Å². The van der Waals surface area contributed by atoms with Crippen LogP contribution < -0.4 is 10.1 Å². The molecule has 0 heterocycles. The second-order valence-corrected chi connectivity index (χ2v) is 4.32. The summed E-state index contributed by atoms with van der Waals surface area (Å²) in [6, 6.07) is 15.2. The Morgan fingerprint density at radius 2 is 2.05 bits per heavy atom. The average molecular weight is 268 g/mol. The number of aliphatic hydroxyl groups excluding tert-OH is 1. The molecule has 0 unspecified atom stereocenters. The van der Waals surface area contributed by atoms with Crippen LogP contribution in [0.5, 0.6) is 5.75 Å². The monoisotopic (exact) mass is 268 g/mol. The molecule has 0 aliphatic heterocycles. The van der Waals surface area contributed by atoms with E-state index in [2.05, 4.69) is 11.4 Å². The van der Waals surface area contributed by atoms with Crippen molar-refractivity contribution in [3.8, 4) is 11.8 Å². The minimum absolute atomic E-state index is 0.00473. The highest BCUT2D eigenvalue weighted by Gasteiger charge is 2.04. The molecule has 4 nitrogen and oxygen atoms in total. The predicted molar refractivity (Wildman–Crippen MR) is 77.4 cm³/mol. The zero-order valence-electron chi connectivity index (χ0n) is 11.3. The van der Waals surface area contributed by atoms with Gasteiger partial charge in [-0.25, -0.2) is 0 Å². The Kier molecular flexibility index (Phi) is 4.59. The number of nitrogens with zero attached hydrogens (tertiary/aromatic N) is 1. The van der Waals surface area contributed by atoms with Crippen LogP contribution in [0.1, 0.15) is 16.7 Å². The Balaban J connectivity index is 2.13. The maximum Gasteiger partial charge on any atom is 0.136 e. The lowest BCUT2D eigenvalue weighted by Crippen LogP contribution is -2.03. The van der Waals surface area contributed by atoms with Gasteiger partial charge in [0.1, 0.15) is 11.8 Å². The van der Waals surface area contributed by atoms with E-state index in [0.717, 1.165) is 16.8 Å². The maximum absolute atomic E-state index is 9.27. The largest absolute Gasteiger partial charge is 0.495 e. The van der Waals surface area contributed by atoms with Crippen molar-refractivity contribution >= 4 is 5.69 Å². The van der Waals surface area contributed by atoms with Crippen molar-refractivity contribution in [2.24, 2.45) is 0 Å². The molecule has 0 bridgehead atoms. The number of hydrogen-bond donors (Lipinski definition) is 2. The van der Waals surface area contributed by atoms with Crippen molar-refractivity contribution in [2.45, 2.75) is 13.2 Å². The van der Waals surface area contributed by atoms with Gasteiger partial charge in [0.15, 0.2) is 0 Å². The van der Waals surface area contributed by atoms with Crippen LogP contribution in [0.4, 0.5) is 5.69 Å². The van der Waals surface area contributed by atoms with Crippen LogP contribution in [-0.4, -0.2) is 12.2 Å². The van der Waals surface area contributed by atoms with Crippen molar-refractivity contribution in [2.75, 3.05) is 12.4 Å². The maximum atomic E-state index is 9.27. The summed E-state index contributed by atoms with van der Waals surface area (Å²) < 4.78 is 5.11. The van der Waals surface area contributed by atoms with Crippen molar-refractivity contribution in [3.05, 3.63) is 59.2 Å². The highest BCUT2D eigenvalue weighted by atomic mass is 16.5. The summed E-state index contributed by atoms with van der Waals surface area (Å²) in [5, 5.41) is 21.6. The van der Waals surface area contributed by atoms with Crippen molar-refractivity contribution in [1.29, 1.82) is 5.26 Å². The molecule has 0 aliphatic carbocycles. The minimum Gasteiger partial charge on any atom is -0.495 e. The Labute approximate surface area is 118 Å². The lowest BCUT2D eigenvalue weighted by atomic mass is 10.1. The molecule has 102 valence electrons. The highest BCUT2D eigenvalue weighted by molar-refractivity contribution is 5.52. The van der Waals surface area contributed by atoms with Gasteiger partial charge < -0.3 is 15.2 Å². The summed E-state index contributed by atoms with van der Waals surface area (Å²) in [5.41, 5.74) is 3.24. The minimum atomic E-state index is -0.00473. The summed E-state index contributed by atoms with van der Waals surface area (Å²) >= 11 is 0. The van der Waals surface area contributed by atoms with Gasteiger partial charge in [0, 0.05) is 17.8 Å². The molecule has 0 aromatic heterocycles. The van der Waals surface area contributed by atoms with Gasteiger partial charge in [0.05, 0.1) is 19.3 Å². The molecule has 0 saturated heterocycles. The third-order valence-electron chi connectivity index (χ3n) is 3.06. The number of nitriles is 1. The Morgan fingerprint density at radius 3 is 2.75 bits per heavy atom. The second kappa shape index (κ2) is 6.60. The van der Waals surface area contributed by atoms with Gasteiger partial charge in [-0.15, -0.1) is 0 Å². The molecule has 0 aliphatic rings. The van der Waals surface area contributed by atoms with Gasteiger partial charge >= 0.3 is 0 Å². The van der Waals surface area contributed by atoms with E-state index in [4.69, 9.17) is 10.00 Å². The molecule has 0 saturated carbocycles. The number of anilines is 1. The smallest absolute Gasteiger partial charge is 0.136 e. The number of ether oxygens (including phenoxy) is 1. The zero-order valence-corrected chi connectivity index (χ0v) is 11.3. The molecular formula is C16H16N2O2. The number of para-hydroxylation sites is 1. The molecule has 20 heavy (non-hydrogen) atoms. The van der Waals surface area contributed by atoms with Gasteiger partial charge in [-0.2, -0.15) is 5.26 Å². The lowest BCUT2D eigenvalue weighted by molar-refractivity contribution is 0.282. The number of benzene rings is 2. The molecular weight excluding hydrogens is 252 g/mol. The van der Waals surface area contributed by atoms with Crippen LogP contribution in [0.2, 0.25) is 0 Å². The van der Waals surface area contributed by atoms with E-state index in [-0.39, 0.29) is 6.61 Å². The fraction of sp³-hybridized carbons (Fsp3) is 0.188. The van der Waals surface area contributed by atoms with Gasteiger partial charge in [0.2, 0.25) is 0 Å². The molecule has 2 aromatic carbocycles. The molecule has 2 rings (SSSR count). The van der Waals surface area contributed by atoms with Crippen LogP contribution in [0.25, 0.3) is 0 Å². The normalized spacial score (nSPS) is 9.85. The zero-order chi connectivity index (χ0) is 14.4. The van der Waals surface area contributed by atoms with Crippen molar-refractivity contribution < 1.29 is 9.84 Å². The molecule has 0 fully saturated rings. The number of aliphatic hydroxyl groups is 1. The summed E-state index contributed by atoms with van der Waals surface area (Å²) in [7, 11) is 1.55. The highest BCUT2D eigenvalue weighted by Crippen LogP contribution is 2.20. The summed E-state index contributed by atoms with van der Waals surface area (Å²) in [6.07, 6.45) is 0. The van der Waals surface area contributed by atoms with Gasteiger partial charge in [-0.1, -0.05) is 24.3 Å². The van der Waals surface area contributed by atoms with Crippen LogP contribution in [0.3, 0.4) is 0 Å². The van der Waals surface area contributed by atoms with Crippen molar-refractivity contribution in [3.63, 3.8) is 0 Å². The van der Waals surface area contributed by atoms with Gasteiger partial charge in [0.25, 0.3) is 0 Å². The van der Waals surface area contributed by atoms with E-state index >= 15 is 0 Å². The molecule has 4 heteroatoms. The Hall–Kier alpha value is -2.51. The van der Waals surface area contributed by atoms with E-state index in [0.29, 0.717) is 17.9 Å². The topological polar surface area (TPSA) is 65.3 Å². The summed E-state index contributed by atoms with van der Waals surface area (Å²) in [5.74, 6) is 0.576. The number of hydrogen-bond acceptors (Lipinski definition) is 4. The van der Waals surface area contributed by atoms with Crippen molar-refractivity contribution in [1.82, 2.24) is 0 Å². The lowest BCUT2D eigenvalue weighted by Gasteiger charge is -2.11. The first-order chi connectivity index (χ1) is 9.78. The average Bonchev–Trinajstić information content (AvgIpc) is 2.52. The molecule has 2 N–H and O–H groups in total. The summed E-state index contributed by atoms with van der Waals surface area (Å²) in [4.78, 5) is 0. The van der Waals surface area contributed by atoms with E-state index in [1.54, 1.807) is 19.2 Å². The molecule has 2 aromatic rings. The fourth-order valence-electron chi connectivity index (χ4n) is 1.98.